The van der Waals surface area contributed by atoms with E-state index in [1.165, 1.54) is 0 Å². The van der Waals surface area contributed by atoms with Crippen molar-refractivity contribution in [2.75, 3.05) is 0 Å². The first-order valence-corrected chi connectivity index (χ1v) is 6.83. The third-order valence-corrected chi connectivity index (χ3v) is 4.01. The number of carbonyl (C=O) groups excluding carboxylic acids is 1. The van der Waals surface area contributed by atoms with Crippen molar-refractivity contribution in [1.29, 1.82) is 0 Å². The van der Waals surface area contributed by atoms with Crippen LogP contribution in [0.4, 0.5) is 0 Å². The SMILES string of the molecule is N[C@@H]1CC[C@H](C(=O)Cc2ccc3cnccc3c2)C1. The average Bonchev–Trinajstić information content (AvgIpc) is 2.85. The molecule has 3 rings (SSSR count). The highest BCUT2D eigenvalue weighted by atomic mass is 16.1. The zero-order valence-corrected chi connectivity index (χ0v) is 10.9. The number of nitrogens with two attached hydrogens (primary N) is 1. The van der Waals surface area contributed by atoms with Gasteiger partial charge in [0.1, 0.15) is 5.78 Å². The molecule has 0 spiro atoms. The normalized spacial score (nSPS) is 22.8. The van der Waals surface area contributed by atoms with E-state index in [1.54, 1.807) is 6.20 Å². The second-order valence-corrected chi connectivity index (χ2v) is 5.47. The predicted molar refractivity (Wildman–Crippen MR) is 75.8 cm³/mol. The second kappa shape index (κ2) is 5.10. The van der Waals surface area contributed by atoms with E-state index in [-0.39, 0.29) is 12.0 Å². The van der Waals surface area contributed by atoms with Crippen LogP contribution in [0, 0.1) is 5.92 Å². The van der Waals surface area contributed by atoms with Crippen LogP contribution in [-0.4, -0.2) is 16.8 Å². The van der Waals surface area contributed by atoms with Gasteiger partial charge in [-0.3, -0.25) is 9.78 Å². The number of carbonyl (C=O) groups is 1. The van der Waals surface area contributed by atoms with E-state index in [1.807, 2.05) is 24.4 Å². The van der Waals surface area contributed by atoms with Gasteiger partial charge in [-0.2, -0.15) is 0 Å². The summed E-state index contributed by atoms with van der Waals surface area (Å²) in [5, 5.41) is 2.25. The topological polar surface area (TPSA) is 56.0 Å². The minimum Gasteiger partial charge on any atom is -0.328 e. The monoisotopic (exact) mass is 254 g/mol. The Labute approximate surface area is 112 Å². The van der Waals surface area contributed by atoms with Crippen LogP contribution in [0.5, 0.6) is 0 Å². The zero-order valence-electron chi connectivity index (χ0n) is 10.9. The molecule has 2 atom stereocenters. The lowest BCUT2D eigenvalue weighted by Crippen LogP contribution is -2.19. The molecule has 1 aromatic carbocycles. The maximum Gasteiger partial charge on any atom is 0.140 e. The molecule has 2 aromatic rings. The molecule has 0 amide bonds. The maximum absolute atomic E-state index is 12.2. The summed E-state index contributed by atoms with van der Waals surface area (Å²) >= 11 is 0. The minimum absolute atomic E-state index is 0.170. The summed E-state index contributed by atoms with van der Waals surface area (Å²) in [4.78, 5) is 16.3. The lowest BCUT2D eigenvalue weighted by Gasteiger charge is -2.09. The van der Waals surface area contributed by atoms with Crippen LogP contribution in [0.1, 0.15) is 24.8 Å². The number of rotatable bonds is 3. The molecular weight excluding hydrogens is 236 g/mol. The standard InChI is InChI=1S/C16H18N2O/c17-15-4-3-13(9-15)16(19)8-11-1-2-14-10-18-6-5-12(14)7-11/h1-2,5-7,10,13,15H,3-4,8-9,17H2/t13-,15+/m0/s1. The third-order valence-electron chi connectivity index (χ3n) is 4.01. The predicted octanol–water partition coefficient (Wildman–Crippen LogP) is 2.47. The molecule has 1 aliphatic carbocycles. The molecule has 0 bridgehead atoms. The molecule has 3 nitrogen and oxygen atoms in total. The Hall–Kier alpha value is -1.74. The Kier molecular flexibility index (Phi) is 3.30. The Bertz CT molecular complexity index is 608. The highest BCUT2D eigenvalue weighted by Gasteiger charge is 2.27. The molecule has 1 saturated carbocycles. The fourth-order valence-electron chi connectivity index (χ4n) is 2.90. The molecule has 19 heavy (non-hydrogen) atoms. The lowest BCUT2D eigenvalue weighted by atomic mass is 9.95. The fourth-order valence-corrected chi connectivity index (χ4v) is 2.90. The summed E-state index contributed by atoms with van der Waals surface area (Å²) in [5.74, 6) is 0.504. The van der Waals surface area contributed by atoms with E-state index in [0.29, 0.717) is 12.2 Å². The van der Waals surface area contributed by atoms with Gasteiger partial charge in [0.05, 0.1) is 0 Å². The number of Topliss-reactive ketones (excluding diaryl/α,β-unsaturated/α-hetero) is 1. The average molecular weight is 254 g/mol. The van der Waals surface area contributed by atoms with Crippen molar-refractivity contribution < 1.29 is 4.79 Å². The van der Waals surface area contributed by atoms with E-state index in [4.69, 9.17) is 5.73 Å². The number of hydrogen-bond donors (Lipinski definition) is 1. The number of ketones is 1. The van der Waals surface area contributed by atoms with Gasteiger partial charge in [-0.15, -0.1) is 0 Å². The summed E-state index contributed by atoms with van der Waals surface area (Å²) in [5.41, 5.74) is 6.96. The number of aromatic nitrogens is 1. The Morgan fingerprint density at radius 3 is 2.95 bits per heavy atom. The van der Waals surface area contributed by atoms with E-state index in [9.17, 15) is 4.79 Å². The number of fused-ring (bicyclic) bond motifs is 1. The minimum atomic E-state index is 0.170. The number of pyridine rings is 1. The number of hydrogen-bond acceptors (Lipinski definition) is 3. The summed E-state index contributed by atoms with van der Waals surface area (Å²) < 4.78 is 0. The fraction of sp³-hybridized carbons (Fsp3) is 0.375. The summed E-state index contributed by atoms with van der Waals surface area (Å²) in [6, 6.07) is 8.34. The molecular formula is C16H18N2O. The molecule has 1 aliphatic rings. The van der Waals surface area contributed by atoms with Gasteiger partial charge in [0.2, 0.25) is 0 Å². The van der Waals surface area contributed by atoms with E-state index >= 15 is 0 Å². The first kappa shape index (κ1) is 12.3. The molecule has 98 valence electrons. The molecule has 0 saturated heterocycles. The van der Waals surface area contributed by atoms with Crippen LogP contribution in [0.2, 0.25) is 0 Å². The lowest BCUT2D eigenvalue weighted by molar-refractivity contribution is -0.122. The van der Waals surface area contributed by atoms with Crippen LogP contribution in [0.3, 0.4) is 0 Å². The molecule has 0 aliphatic heterocycles. The van der Waals surface area contributed by atoms with Crippen molar-refractivity contribution in [3.8, 4) is 0 Å². The quantitative estimate of drug-likeness (QED) is 0.915. The molecule has 1 heterocycles. The van der Waals surface area contributed by atoms with Gasteiger partial charge >= 0.3 is 0 Å². The molecule has 0 radical (unpaired) electrons. The highest BCUT2D eigenvalue weighted by Crippen LogP contribution is 2.26. The third kappa shape index (κ3) is 2.66. The van der Waals surface area contributed by atoms with Crippen LogP contribution < -0.4 is 5.73 Å². The maximum atomic E-state index is 12.2. The van der Waals surface area contributed by atoms with Crippen molar-refractivity contribution in [1.82, 2.24) is 4.98 Å². The molecule has 3 heteroatoms. The van der Waals surface area contributed by atoms with Gasteiger partial charge in [-0.05, 0) is 36.3 Å². The molecule has 2 N–H and O–H groups in total. The van der Waals surface area contributed by atoms with Gasteiger partial charge < -0.3 is 5.73 Å². The Balaban J connectivity index is 1.76. The van der Waals surface area contributed by atoms with Gasteiger partial charge in [0.25, 0.3) is 0 Å². The van der Waals surface area contributed by atoms with Crippen molar-refractivity contribution in [3.05, 3.63) is 42.2 Å². The number of benzene rings is 1. The summed E-state index contributed by atoms with van der Waals surface area (Å²) in [6.07, 6.45) is 6.95. The van der Waals surface area contributed by atoms with Crippen molar-refractivity contribution in [3.63, 3.8) is 0 Å². The Morgan fingerprint density at radius 2 is 2.16 bits per heavy atom. The van der Waals surface area contributed by atoms with Crippen molar-refractivity contribution in [2.24, 2.45) is 11.7 Å². The summed E-state index contributed by atoms with van der Waals surface area (Å²) in [7, 11) is 0. The van der Waals surface area contributed by atoms with Crippen LogP contribution in [0.25, 0.3) is 10.8 Å². The molecule has 0 unspecified atom stereocenters. The van der Waals surface area contributed by atoms with Crippen molar-refractivity contribution >= 4 is 16.6 Å². The smallest absolute Gasteiger partial charge is 0.140 e. The summed E-state index contributed by atoms with van der Waals surface area (Å²) in [6.45, 7) is 0. The van der Waals surface area contributed by atoms with E-state index in [0.717, 1.165) is 35.6 Å². The Morgan fingerprint density at radius 1 is 1.26 bits per heavy atom. The van der Waals surface area contributed by atoms with Gasteiger partial charge in [0.15, 0.2) is 0 Å². The molecule has 1 aromatic heterocycles. The van der Waals surface area contributed by atoms with Gasteiger partial charge in [-0.1, -0.05) is 18.2 Å². The largest absolute Gasteiger partial charge is 0.328 e. The first-order chi connectivity index (χ1) is 9.22. The van der Waals surface area contributed by atoms with Gasteiger partial charge in [-0.25, -0.2) is 0 Å². The van der Waals surface area contributed by atoms with Crippen LogP contribution in [0.15, 0.2) is 36.7 Å². The van der Waals surface area contributed by atoms with E-state index < -0.39 is 0 Å². The second-order valence-electron chi connectivity index (χ2n) is 5.47. The number of nitrogens with zero attached hydrogens (tertiary/aromatic N) is 1. The van der Waals surface area contributed by atoms with Crippen molar-refractivity contribution in [2.45, 2.75) is 31.7 Å². The molecule has 1 fully saturated rings. The zero-order chi connectivity index (χ0) is 13.2. The van der Waals surface area contributed by atoms with Crippen LogP contribution >= 0.6 is 0 Å². The van der Waals surface area contributed by atoms with Gasteiger partial charge in [0, 0.05) is 36.2 Å². The van der Waals surface area contributed by atoms with Crippen LogP contribution in [-0.2, 0) is 11.2 Å². The van der Waals surface area contributed by atoms with E-state index in [2.05, 4.69) is 11.1 Å². The first-order valence-electron chi connectivity index (χ1n) is 6.83. The highest BCUT2D eigenvalue weighted by molar-refractivity contribution is 5.86.